The molecule has 2 amide bonds. The van der Waals surface area contributed by atoms with Gasteiger partial charge in [-0.25, -0.2) is 9.18 Å². The molecule has 0 radical (unpaired) electrons. The lowest BCUT2D eigenvalue weighted by atomic mass is 10.1. The molecular formula is C32H45BrFN3O2S. The van der Waals surface area contributed by atoms with Crippen LogP contribution in [0.5, 0.6) is 5.75 Å². The van der Waals surface area contributed by atoms with Crippen LogP contribution in [0.2, 0.25) is 0 Å². The number of nitrogens with one attached hydrogen (secondary N) is 2. The molecule has 0 aliphatic carbocycles. The number of urea groups is 1. The van der Waals surface area contributed by atoms with Gasteiger partial charge in [-0.3, -0.25) is 0 Å². The quantitative estimate of drug-likeness (QED) is 0.128. The highest BCUT2D eigenvalue weighted by molar-refractivity contribution is 7.07. The van der Waals surface area contributed by atoms with Crippen LogP contribution in [0.1, 0.15) is 95.2 Å². The number of aromatic nitrogens is 1. The van der Waals surface area contributed by atoms with Gasteiger partial charge in [0.1, 0.15) is 0 Å². The Hall–Kier alpha value is -2.45. The molecule has 2 aromatic carbocycles. The number of anilines is 2. The first-order chi connectivity index (χ1) is 19.1. The summed E-state index contributed by atoms with van der Waals surface area (Å²) in [5.74, 6) is -0.384. The van der Waals surface area contributed by atoms with Gasteiger partial charge in [0.05, 0.1) is 17.7 Å². The molecule has 0 unspecified atom stereocenters. The maximum Gasteiger partial charge on any atom is 0.323 e. The highest BCUT2D eigenvalue weighted by Gasteiger charge is 2.14. The summed E-state index contributed by atoms with van der Waals surface area (Å²) >= 11 is 1.66. The molecule has 0 saturated carbocycles. The zero-order valence-corrected chi connectivity index (χ0v) is 26.4. The maximum atomic E-state index is 14.5. The Kier molecular flexibility index (Phi) is 16.5. The number of ether oxygens (including phenoxy) is 1. The molecule has 40 heavy (non-hydrogen) atoms. The van der Waals surface area contributed by atoms with Crippen LogP contribution in [0.25, 0.3) is 0 Å². The van der Waals surface area contributed by atoms with Crippen LogP contribution in [0.3, 0.4) is 0 Å². The number of hydrogen-bond acceptors (Lipinski definition) is 3. The first kappa shape index (κ1) is 33.8. The van der Waals surface area contributed by atoms with Gasteiger partial charge >= 0.3 is 6.03 Å². The summed E-state index contributed by atoms with van der Waals surface area (Å²) in [5, 5.41) is 7.71. The van der Waals surface area contributed by atoms with Gasteiger partial charge in [0.15, 0.2) is 23.8 Å². The van der Waals surface area contributed by atoms with Crippen molar-refractivity contribution < 1.29 is 35.5 Å². The average Bonchev–Trinajstić information content (AvgIpc) is 3.32. The van der Waals surface area contributed by atoms with Crippen LogP contribution in [0.15, 0.2) is 53.4 Å². The third kappa shape index (κ3) is 12.4. The van der Waals surface area contributed by atoms with E-state index in [0.29, 0.717) is 18.0 Å². The van der Waals surface area contributed by atoms with E-state index in [0.717, 1.165) is 24.9 Å². The number of nitrogens with zero attached hydrogens (tertiary/aromatic N) is 1. The second-order valence-corrected chi connectivity index (χ2v) is 11.0. The Morgan fingerprint density at radius 3 is 2.20 bits per heavy atom. The molecule has 0 aliphatic heterocycles. The van der Waals surface area contributed by atoms with Crippen molar-refractivity contribution in [2.75, 3.05) is 17.2 Å². The second kappa shape index (κ2) is 19.6. The standard InChI is InChI=1S/C32H44FN3O2S.BrH/c1-3-4-5-6-7-8-9-10-11-12-13-14-21-38-31-29(33)19-16-20-30(31)35-32(37)34-28-18-15-17-27(22-28)23-36-25-39-24-26(36)2;/h15-20,22,24-25H,3-14,21,23H2,1-2H3,(H-,34,35,37);1H. The smallest absolute Gasteiger partial charge is 0.323 e. The zero-order chi connectivity index (χ0) is 27.7. The number of halogens is 2. The van der Waals surface area contributed by atoms with E-state index in [1.807, 2.05) is 24.3 Å². The van der Waals surface area contributed by atoms with Crippen molar-refractivity contribution in [1.82, 2.24) is 0 Å². The number of para-hydroxylation sites is 1. The third-order valence-corrected chi connectivity index (χ3v) is 7.73. The molecule has 1 heterocycles. The minimum atomic E-state index is -0.475. The monoisotopic (exact) mass is 633 g/mol. The molecule has 0 fully saturated rings. The summed E-state index contributed by atoms with van der Waals surface area (Å²) in [4.78, 5) is 12.7. The lowest BCUT2D eigenvalue weighted by molar-refractivity contribution is -0.689. The molecule has 3 rings (SSSR count). The predicted octanol–water partition coefficient (Wildman–Crippen LogP) is 6.26. The van der Waals surface area contributed by atoms with E-state index in [4.69, 9.17) is 4.74 Å². The molecule has 0 saturated heterocycles. The first-order valence-electron chi connectivity index (χ1n) is 14.6. The van der Waals surface area contributed by atoms with E-state index in [1.54, 1.807) is 23.5 Å². The maximum absolute atomic E-state index is 14.5. The highest BCUT2D eigenvalue weighted by atomic mass is 79.9. The van der Waals surface area contributed by atoms with E-state index in [1.165, 1.54) is 76.0 Å². The van der Waals surface area contributed by atoms with Crippen molar-refractivity contribution in [3.8, 4) is 5.75 Å². The van der Waals surface area contributed by atoms with Crippen LogP contribution in [-0.4, -0.2) is 12.6 Å². The van der Waals surface area contributed by atoms with Crippen molar-refractivity contribution in [3.63, 3.8) is 0 Å². The number of hydrogen-bond donors (Lipinski definition) is 2. The molecule has 3 aromatic rings. The van der Waals surface area contributed by atoms with Crippen molar-refractivity contribution in [2.45, 2.75) is 97.4 Å². The number of carbonyl (C=O) groups is 1. The summed E-state index contributed by atoms with van der Waals surface area (Å²) in [5.41, 5.74) is 5.35. The molecular weight excluding hydrogens is 589 g/mol. The molecule has 0 aliphatic rings. The van der Waals surface area contributed by atoms with E-state index in [-0.39, 0.29) is 22.7 Å². The highest BCUT2D eigenvalue weighted by Crippen LogP contribution is 2.28. The van der Waals surface area contributed by atoms with E-state index >= 15 is 0 Å². The summed E-state index contributed by atoms with van der Waals surface area (Å²) in [6, 6.07) is 11.9. The average molecular weight is 635 g/mol. The Balaban J connectivity index is 0.00000560. The van der Waals surface area contributed by atoms with Gasteiger partial charge in [0.25, 0.3) is 0 Å². The van der Waals surface area contributed by atoms with Crippen molar-refractivity contribution in [3.05, 3.63) is 70.4 Å². The summed E-state index contributed by atoms with van der Waals surface area (Å²) in [6.07, 6.45) is 15.1. The largest absolute Gasteiger partial charge is 1.00 e. The number of aryl methyl sites for hydroxylation is 1. The first-order valence-corrected chi connectivity index (χ1v) is 15.5. The van der Waals surface area contributed by atoms with E-state index in [2.05, 4.69) is 39.9 Å². The number of benzene rings is 2. The molecule has 0 spiro atoms. The van der Waals surface area contributed by atoms with Gasteiger partial charge in [-0.2, -0.15) is 4.57 Å². The molecule has 0 bridgehead atoms. The Morgan fingerprint density at radius 1 is 0.900 bits per heavy atom. The summed E-state index contributed by atoms with van der Waals surface area (Å²) in [6.45, 7) is 5.48. The second-order valence-electron chi connectivity index (χ2n) is 10.3. The van der Waals surface area contributed by atoms with Crippen LogP contribution in [-0.2, 0) is 6.54 Å². The van der Waals surface area contributed by atoms with Crippen molar-refractivity contribution in [1.29, 1.82) is 0 Å². The fourth-order valence-corrected chi connectivity index (χ4v) is 5.40. The SMILES string of the molecule is CCCCCCCCCCCCCCOc1c(F)cccc1NC(=O)Nc1cccc(C[n+]2cscc2C)c1.[Br-]. The number of carbonyl (C=O) groups excluding carboxylic acids is 1. The molecule has 8 heteroatoms. The van der Waals surface area contributed by atoms with Gasteiger partial charge in [-0.05, 0) is 30.7 Å². The minimum absolute atomic E-state index is 0. The minimum Gasteiger partial charge on any atom is -1.00 e. The Morgan fingerprint density at radius 2 is 1.55 bits per heavy atom. The van der Waals surface area contributed by atoms with Crippen LogP contribution in [0, 0.1) is 12.7 Å². The van der Waals surface area contributed by atoms with Gasteiger partial charge in [-0.1, -0.05) is 107 Å². The summed E-state index contributed by atoms with van der Waals surface area (Å²) < 4.78 is 22.5. The van der Waals surface area contributed by atoms with E-state index in [9.17, 15) is 9.18 Å². The van der Waals surface area contributed by atoms with Crippen molar-refractivity contribution >= 4 is 28.7 Å². The normalized spacial score (nSPS) is 10.7. The molecule has 0 atom stereocenters. The lowest BCUT2D eigenvalue weighted by Crippen LogP contribution is -3.00. The number of thiazole rings is 1. The predicted molar refractivity (Wildman–Crippen MR) is 160 cm³/mol. The lowest BCUT2D eigenvalue weighted by Gasteiger charge is -2.14. The fraction of sp³-hybridized carbons (Fsp3) is 0.500. The Labute approximate surface area is 254 Å². The van der Waals surface area contributed by atoms with Gasteiger partial charge < -0.3 is 32.4 Å². The zero-order valence-electron chi connectivity index (χ0n) is 24.0. The molecule has 5 nitrogen and oxygen atoms in total. The number of amides is 2. The topological polar surface area (TPSA) is 54.2 Å². The van der Waals surface area contributed by atoms with Crippen molar-refractivity contribution in [2.24, 2.45) is 0 Å². The van der Waals surface area contributed by atoms with Crippen LogP contribution >= 0.6 is 11.3 Å². The van der Waals surface area contributed by atoms with Crippen LogP contribution in [0.4, 0.5) is 20.6 Å². The number of unbranched alkanes of at least 4 members (excludes halogenated alkanes) is 11. The molecule has 1 aromatic heterocycles. The fourth-order valence-electron chi connectivity index (χ4n) is 4.62. The van der Waals surface area contributed by atoms with E-state index < -0.39 is 11.8 Å². The third-order valence-electron chi connectivity index (χ3n) is 6.88. The molecule has 220 valence electrons. The van der Waals surface area contributed by atoms with Gasteiger partial charge in [0.2, 0.25) is 5.51 Å². The number of rotatable bonds is 18. The molecule has 2 N–H and O–H groups in total. The summed E-state index contributed by atoms with van der Waals surface area (Å²) in [7, 11) is 0. The van der Waals surface area contributed by atoms with Crippen LogP contribution < -0.4 is 36.9 Å². The van der Waals surface area contributed by atoms with Gasteiger partial charge in [0, 0.05) is 18.2 Å². The van der Waals surface area contributed by atoms with Gasteiger partial charge in [-0.15, -0.1) is 0 Å². The Bertz CT molecular complexity index is 1140.